The average Bonchev–Trinajstić information content (AvgIpc) is 3.23. The molecule has 6 aromatic heterocycles. The SMILES string of the molecule is Cc1ccc(-c2nc(-c3ccccn3)nc(-c3ccccn3)n2)cc1.Cc1ccc(-c2nc(-c3ccccn3)nc(-c3ccccn3)n2)cc1.F[P-](F)(F)(F)(F)F.F[P-](F)(F)(F)(F)F.[Fe+2]. The molecule has 10 nitrogen and oxygen atoms in total. The molecule has 0 atom stereocenters. The molecule has 0 unspecified atom stereocenters. The number of nitrogens with zero attached hydrogens (tertiary/aromatic N) is 10. The monoisotopic (exact) mass is 996 g/mol. The number of hydrogen-bond acceptors (Lipinski definition) is 10. The van der Waals surface area contributed by atoms with Crippen molar-refractivity contribution in [2.45, 2.75) is 13.8 Å². The van der Waals surface area contributed by atoms with Crippen LogP contribution in [0.15, 0.2) is 146 Å². The van der Waals surface area contributed by atoms with Crippen LogP contribution >= 0.6 is 15.6 Å². The molecule has 8 rings (SSSR count). The van der Waals surface area contributed by atoms with E-state index in [-0.39, 0.29) is 17.1 Å². The molecule has 6 heterocycles. The predicted molar refractivity (Wildman–Crippen MR) is 220 cm³/mol. The Morgan fingerprint density at radius 2 is 0.492 bits per heavy atom. The first-order valence-electron chi connectivity index (χ1n) is 17.9. The number of aromatic nitrogens is 10. The van der Waals surface area contributed by atoms with E-state index in [1.807, 2.05) is 121 Å². The van der Waals surface area contributed by atoms with Crippen molar-refractivity contribution in [3.05, 3.63) is 157 Å². The van der Waals surface area contributed by atoms with Crippen molar-refractivity contribution in [1.82, 2.24) is 49.8 Å². The van der Waals surface area contributed by atoms with Gasteiger partial charge in [0.2, 0.25) is 0 Å². The molecule has 0 fully saturated rings. The maximum absolute atomic E-state index is 10.7. The number of rotatable bonds is 6. The summed E-state index contributed by atoms with van der Waals surface area (Å²) in [7, 11) is -21.3. The number of aryl methyl sites for hydroxylation is 2. The Kier molecular flexibility index (Phi) is 14.7. The number of benzene rings is 2. The Bertz CT molecular complexity index is 2470. The van der Waals surface area contributed by atoms with Gasteiger partial charge in [-0.15, -0.1) is 0 Å². The molecule has 0 aliphatic rings. The number of pyridine rings is 4. The van der Waals surface area contributed by atoms with Gasteiger partial charge in [0.05, 0.1) is 0 Å². The van der Waals surface area contributed by atoms with Crippen molar-refractivity contribution >= 4 is 15.6 Å². The maximum Gasteiger partial charge on any atom is 2.00 e. The Hall–Kier alpha value is -6.40. The minimum absolute atomic E-state index is 0. The Balaban J connectivity index is 0.000000219. The van der Waals surface area contributed by atoms with Gasteiger partial charge < -0.3 is 0 Å². The minimum atomic E-state index is -10.7. The third kappa shape index (κ3) is 20.3. The maximum atomic E-state index is 9.87. The minimum Gasteiger partial charge on any atom is 2.00 e. The van der Waals surface area contributed by atoms with Crippen LogP contribution in [0, 0.1) is 13.8 Å². The molecule has 25 heteroatoms. The fourth-order valence-electron chi connectivity index (χ4n) is 4.85. The third-order valence-corrected chi connectivity index (χ3v) is 7.47. The molecule has 0 radical (unpaired) electrons. The molecular weight excluding hydrogens is 966 g/mol. The van der Waals surface area contributed by atoms with Crippen molar-refractivity contribution in [2.24, 2.45) is 0 Å². The molecule has 8 aromatic rings. The first-order valence-corrected chi connectivity index (χ1v) is 22.0. The van der Waals surface area contributed by atoms with Crippen LogP contribution in [0.4, 0.5) is 50.4 Å². The molecular formula is C40H30F12FeN10P2. The van der Waals surface area contributed by atoms with Crippen LogP contribution in [0.3, 0.4) is 0 Å². The van der Waals surface area contributed by atoms with E-state index in [2.05, 4.69) is 63.7 Å². The Labute approximate surface area is 371 Å². The van der Waals surface area contributed by atoms with Gasteiger partial charge in [0.25, 0.3) is 0 Å². The van der Waals surface area contributed by atoms with Gasteiger partial charge in [0.15, 0.2) is 34.9 Å². The molecule has 0 amide bonds. The molecule has 0 saturated heterocycles. The van der Waals surface area contributed by atoms with Crippen molar-refractivity contribution in [1.29, 1.82) is 0 Å². The van der Waals surface area contributed by atoms with Crippen molar-refractivity contribution in [3.8, 4) is 68.8 Å². The molecule has 0 bridgehead atoms. The number of halogens is 12. The summed E-state index contributed by atoms with van der Waals surface area (Å²) in [6, 6.07) is 38.9. The van der Waals surface area contributed by atoms with Crippen LogP contribution in [0.5, 0.6) is 0 Å². The van der Waals surface area contributed by atoms with Crippen LogP contribution in [0.2, 0.25) is 0 Å². The second kappa shape index (κ2) is 18.6. The van der Waals surface area contributed by atoms with Gasteiger partial charge >= 0.3 is 83.0 Å². The smallest absolute Gasteiger partial charge is 2.00 e. The van der Waals surface area contributed by atoms with Crippen LogP contribution in [0.1, 0.15) is 11.1 Å². The summed E-state index contributed by atoms with van der Waals surface area (Å²) in [5.74, 6) is 3.35. The largest absolute Gasteiger partial charge is 2.00 e. The summed E-state index contributed by atoms with van der Waals surface area (Å²) in [6.45, 7) is 4.10. The quantitative estimate of drug-likeness (QED) is 0.0902. The molecule has 0 aliphatic heterocycles. The molecule has 0 aliphatic carbocycles. The van der Waals surface area contributed by atoms with Gasteiger partial charge in [-0.2, -0.15) is 0 Å². The topological polar surface area (TPSA) is 129 Å². The van der Waals surface area contributed by atoms with Gasteiger partial charge in [-0.05, 0) is 62.4 Å². The second-order valence-electron chi connectivity index (χ2n) is 13.1. The third-order valence-electron chi connectivity index (χ3n) is 7.47. The fourth-order valence-corrected chi connectivity index (χ4v) is 4.85. The van der Waals surface area contributed by atoms with Crippen molar-refractivity contribution in [3.63, 3.8) is 0 Å². The van der Waals surface area contributed by atoms with Gasteiger partial charge in [-0.3, -0.25) is 19.9 Å². The van der Waals surface area contributed by atoms with E-state index < -0.39 is 15.6 Å². The van der Waals surface area contributed by atoms with Crippen LogP contribution in [-0.4, -0.2) is 49.8 Å². The zero-order valence-electron chi connectivity index (χ0n) is 33.1. The van der Waals surface area contributed by atoms with E-state index >= 15 is 0 Å². The Morgan fingerprint density at radius 3 is 0.677 bits per heavy atom. The van der Waals surface area contributed by atoms with E-state index in [1.165, 1.54) is 11.1 Å². The van der Waals surface area contributed by atoms with Crippen LogP contribution in [-0.2, 0) is 17.1 Å². The molecule has 0 saturated carbocycles. The summed E-state index contributed by atoms with van der Waals surface area (Å²) < 4.78 is 118. The number of hydrogen-bond donors (Lipinski definition) is 0. The van der Waals surface area contributed by atoms with Gasteiger partial charge in [-0.25, -0.2) is 29.9 Å². The van der Waals surface area contributed by atoms with Crippen molar-refractivity contribution < 1.29 is 67.4 Å². The van der Waals surface area contributed by atoms with Gasteiger partial charge in [-0.1, -0.05) is 83.9 Å². The van der Waals surface area contributed by atoms with E-state index in [0.717, 1.165) is 11.1 Å². The van der Waals surface area contributed by atoms with Crippen LogP contribution < -0.4 is 0 Å². The first kappa shape index (κ1) is 51.2. The predicted octanol–water partition coefficient (Wildman–Crippen LogP) is 14.7. The van der Waals surface area contributed by atoms with E-state index in [9.17, 15) is 50.4 Å². The molecule has 65 heavy (non-hydrogen) atoms. The zero-order valence-corrected chi connectivity index (χ0v) is 36.0. The van der Waals surface area contributed by atoms with E-state index in [1.54, 1.807) is 24.8 Å². The Morgan fingerprint density at radius 1 is 0.292 bits per heavy atom. The second-order valence-corrected chi connectivity index (χ2v) is 17.0. The van der Waals surface area contributed by atoms with Crippen molar-refractivity contribution in [2.75, 3.05) is 0 Å². The molecule has 342 valence electrons. The van der Waals surface area contributed by atoms with Gasteiger partial charge in [0, 0.05) is 35.9 Å². The summed E-state index contributed by atoms with van der Waals surface area (Å²) >= 11 is 0. The molecule has 0 N–H and O–H groups in total. The molecule has 2 aromatic carbocycles. The normalized spacial score (nSPS) is 13.1. The van der Waals surface area contributed by atoms with E-state index in [4.69, 9.17) is 0 Å². The summed E-state index contributed by atoms with van der Waals surface area (Å²) in [6.07, 6.45) is 6.91. The fraction of sp³-hybridized carbons (Fsp3) is 0.0500. The molecule has 0 spiro atoms. The first-order chi connectivity index (χ1) is 29.5. The van der Waals surface area contributed by atoms with Gasteiger partial charge in [0.1, 0.15) is 22.8 Å². The summed E-state index contributed by atoms with van der Waals surface area (Å²) in [5, 5.41) is 0. The summed E-state index contributed by atoms with van der Waals surface area (Å²) in [5.41, 5.74) is 7.06. The standard InChI is InChI=1S/2C20H15N5.2F6P.Fe/c2*1-14-8-10-15(11-9-14)18-23-19(16-6-2-4-12-21-16)25-20(24-18)17-7-3-5-13-22-17;2*1-7(2,3,4,5)6;/h2*2-13H,1H3;;;/q;;2*-1;+2. The average molecular weight is 997 g/mol. The van der Waals surface area contributed by atoms with Crippen LogP contribution in [0.25, 0.3) is 68.8 Å². The summed E-state index contributed by atoms with van der Waals surface area (Å²) in [4.78, 5) is 45.0. The zero-order chi connectivity index (χ0) is 46.9. The van der Waals surface area contributed by atoms with E-state index in [0.29, 0.717) is 57.7 Å².